The molecule has 1 heterocycles. The van der Waals surface area contributed by atoms with Crippen LogP contribution in [0, 0.1) is 10.1 Å². The summed E-state index contributed by atoms with van der Waals surface area (Å²) in [6, 6.07) is 0.235. The number of nitro groups is 1. The van der Waals surface area contributed by atoms with E-state index in [9.17, 15) is 10.1 Å². The number of anilines is 1. The van der Waals surface area contributed by atoms with Crippen molar-refractivity contribution in [3.8, 4) is 0 Å². The second kappa shape index (κ2) is 4.77. The van der Waals surface area contributed by atoms with Gasteiger partial charge in [0.25, 0.3) is 0 Å². The third-order valence-electron chi connectivity index (χ3n) is 2.33. The maximum absolute atomic E-state index is 10.7. The Hall–Kier alpha value is -1.59. The largest absolute Gasteiger partial charge is 0.360 e. The number of rotatable bonds is 5. The van der Waals surface area contributed by atoms with Crippen LogP contribution in [0.4, 0.5) is 11.5 Å². The molecule has 0 aliphatic heterocycles. The van der Waals surface area contributed by atoms with Gasteiger partial charge >= 0.3 is 5.69 Å². The zero-order chi connectivity index (χ0) is 11.4. The Labute approximate surface area is 88.4 Å². The van der Waals surface area contributed by atoms with Crippen LogP contribution in [0.2, 0.25) is 0 Å². The van der Waals surface area contributed by atoms with Gasteiger partial charge in [-0.2, -0.15) is 0 Å². The van der Waals surface area contributed by atoms with Crippen LogP contribution in [0.1, 0.15) is 26.7 Å². The summed E-state index contributed by atoms with van der Waals surface area (Å²) in [6.07, 6.45) is 3.25. The summed E-state index contributed by atoms with van der Waals surface area (Å²) < 4.78 is 1.45. The zero-order valence-corrected chi connectivity index (χ0v) is 9.23. The highest BCUT2D eigenvalue weighted by Gasteiger charge is 2.19. The van der Waals surface area contributed by atoms with Crippen molar-refractivity contribution in [3.63, 3.8) is 0 Å². The summed E-state index contributed by atoms with van der Waals surface area (Å²) >= 11 is 0. The lowest BCUT2D eigenvalue weighted by molar-refractivity contribution is -0.384. The van der Waals surface area contributed by atoms with Crippen molar-refractivity contribution in [2.75, 3.05) is 5.32 Å². The minimum absolute atomic E-state index is 0.0319. The summed E-state index contributed by atoms with van der Waals surface area (Å²) in [5.74, 6) is 0.358. The minimum Gasteiger partial charge on any atom is -0.360 e. The van der Waals surface area contributed by atoms with Crippen LogP contribution in [0.5, 0.6) is 0 Å². The van der Waals surface area contributed by atoms with Crippen LogP contribution in [-0.4, -0.2) is 20.7 Å². The first-order valence-electron chi connectivity index (χ1n) is 5.03. The average Bonchev–Trinajstić information content (AvgIpc) is 2.56. The molecular weight excluding hydrogens is 196 g/mol. The summed E-state index contributed by atoms with van der Waals surface area (Å²) in [5, 5.41) is 17.8. The topological polar surface area (TPSA) is 73.0 Å². The van der Waals surface area contributed by atoms with E-state index in [-0.39, 0.29) is 11.7 Å². The van der Waals surface area contributed by atoms with E-state index in [0.29, 0.717) is 5.82 Å². The van der Waals surface area contributed by atoms with Crippen LogP contribution >= 0.6 is 0 Å². The predicted molar refractivity (Wildman–Crippen MR) is 57.9 cm³/mol. The maximum Gasteiger partial charge on any atom is 0.330 e. The van der Waals surface area contributed by atoms with Crippen molar-refractivity contribution >= 4 is 11.5 Å². The standard InChI is InChI=1S/C9H16N4O2/c1-4-7(5-2)10-9-8(13(14)15)6-12(3)11-9/h6-7H,4-5H2,1-3H3,(H,10,11). The molecule has 0 bridgehead atoms. The van der Waals surface area contributed by atoms with E-state index < -0.39 is 4.92 Å². The molecule has 0 atom stereocenters. The van der Waals surface area contributed by atoms with E-state index in [1.807, 2.05) is 13.8 Å². The molecule has 15 heavy (non-hydrogen) atoms. The Morgan fingerprint density at radius 1 is 1.60 bits per heavy atom. The molecule has 1 aromatic rings. The fraction of sp³-hybridized carbons (Fsp3) is 0.667. The Morgan fingerprint density at radius 3 is 2.67 bits per heavy atom. The van der Waals surface area contributed by atoms with Crippen LogP contribution in [0.3, 0.4) is 0 Å². The van der Waals surface area contributed by atoms with Crippen molar-refractivity contribution in [3.05, 3.63) is 16.3 Å². The fourth-order valence-electron chi connectivity index (χ4n) is 1.40. The first-order valence-corrected chi connectivity index (χ1v) is 5.03. The van der Waals surface area contributed by atoms with E-state index in [4.69, 9.17) is 0 Å². The molecular formula is C9H16N4O2. The van der Waals surface area contributed by atoms with Gasteiger partial charge in [-0.25, -0.2) is 0 Å². The Balaban J connectivity index is 2.88. The predicted octanol–water partition coefficient (Wildman–Crippen LogP) is 1.93. The molecule has 0 radical (unpaired) electrons. The van der Waals surface area contributed by atoms with Crippen LogP contribution in [0.15, 0.2) is 6.20 Å². The second-order valence-corrected chi connectivity index (χ2v) is 3.45. The number of hydrogen-bond acceptors (Lipinski definition) is 4. The van der Waals surface area contributed by atoms with Gasteiger partial charge < -0.3 is 5.32 Å². The van der Waals surface area contributed by atoms with Gasteiger partial charge in [0.2, 0.25) is 5.82 Å². The van der Waals surface area contributed by atoms with Crippen LogP contribution < -0.4 is 5.32 Å². The lowest BCUT2D eigenvalue weighted by Crippen LogP contribution is -2.18. The van der Waals surface area contributed by atoms with Gasteiger partial charge in [0.15, 0.2) is 0 Å². The van der Waals surface area contributed by atoms with Gasteiger partial charge in [-0.05, 0) is 12.8 Å². The summed E-state index contributed by atoms with van der Waals surface area (Å²) in [4.78, 5) is 10.3. The molecule has 6 heteroatoms. The highest BCUT2D eigenvalue weighted by Crippen LogP contribution is 2.23. The average molecular weight is 212 g/mol. The molecule has 0 unspecified atom stereocenters. The smallest absolute Gasteiger partial charge is 0.330 e. The number of hydrogen-bond donors (Lipinski definition) is 1. The third-order valence-corrected chi connectivity index (χ3v) is 2.33. The van der Waals surface area contributed by atoms with Crippen LogP contribution in [0.25, 0.3) is 0 Å². The molecule has 0 saturated carbocycles. The first-order chi connectivity index (χ1) is 7.08. The number of aryl methyl sites for hydroxylation is 1. The van der Waals surface area contributed by atoms with Crippen molar-refractivity contribution < 1.29 is 4.92 Å². The molecule has 0 spiro atoms. The zero-order valence-electron chi connectivity index (χ0n) is 9.23. The van der Waals surface area contributed by atoms with E-state index in [0.717, 1.165) is 12.8 Å². The minimum atomic E-state index is -0.419. The second-order valence-electron chi connectivity index (χ2n) is 3.45. The van der Waals surface area contributed by atoms with E-state index in [1.165, 1.54) is 10.9 Å². The quantitative estimate of drug-likeness (QED) is 0.597. The van der Waals surface area contributed by atoms with Gasteiger partial charge in [-0.1, -0.05) is 13.8 Å². The van der Waals surface area contributed by atoms with Gasteiger partial charge in [0.05, 0.1) is 4.92 Å². The normalized spacial score (nSPS) is 10.7. The number of aromatic nitrogens is 2. The van der Waals surface area contributed by atoms with Gasteiger partial charge in [-0.15, -0.1) is 5.10 Å². The lowest BCUT2D eigenvalue weighted by Gasteiger charge is -2.12. The summed E-state index contributed by atoms with van der Waals surface area (Å²) in [5.41, 5.74) is 0.0319. The van der Waals surface area contributed by atoms with Crippen molar-refractivity contribution in [1.82, 2.24) is 9.78 Å². The molecule has 0 saturated heterocycles. The molecule has 0 fully saturated rings. The molecule has 0 aliphatic rings. The van der Waals surface area contributed by atoms with Gasteiger partial charge in [-0.3, -0.25) is 14.8 Å². The summed E-state index contributed by atoms with van der Waals surface area (Å²) in [7, 11) is 1.67. The monoisotopic (exact) mass is 212 g/mol. The molecule has 84 valence electrons. The van der Waals surface area contributed by atoms with Crippen molar-refractivity contribution in [1.29, 1.82) is 0 Å². The van der Waals surface area contributed by atoms with Crippen LogP contribution in [-0.2, 0) is 7.05 Å². The molecule has 1 aromatic heterocycles. The Kier molecular flexibility index (Phi) is 3.65. The number of nitrogens with one attached hydrogen (secondary N) is 1. The maximum atomic E-state index is 10.7. The molecule has 0 amide bonds. The highest BCUT2D eigenvalue weighted by molar-refractivity contribution is 5.54. The van der Waals surface area contributed by atoms with E-state index in [1.54, 1.807) is 7.05 Å². The highest BCUT2D eigenvalue weighted by atomic mass is 16.6. The molecule has 0 aromatic carbocycles. The molecule has 1 rings (SSSR count). The lowest BCUT2D eigenvalue weighted by atomic mass is 10.2. The SMILES string of the molecule is CCC(CC)Nc1nn(C)cc1[N+](=O)[O-]. The van der Waals surface area contributed by atoms with E-state index >= 15 is 0 Å². The van der Waals surface area contributed by atoms with Gasteiger partial charge in [0.1, 0.15) is 6.20 Å². The molecule has 1 N–H and O–H groups in total. The fourth-order valence-corrected chi connectivity index (χ4v) is 1.40. The molecule has 6 nitrogen and oxygen atoms in total. The Bertz CT molecular complexity index is 344. The number of nitrogens with zero attached hydrogens (tertiary/aromatic N) is 3. The molecule has 0 aliphatic carbocycles. The van der Waals surface area contributed by atoms with Crippen molar-refractivity contribution in [2.24, 2.45) is 7.05 Å². The Morgan fingerprint density at radius 2 is 2.20 bits per heavy atom. The first kappa shape index (κ1) is 11.5. The van der Waals surface area contributed by atoms with E-state index in [2.05, 4.69) is 10.4 Å². The van der Waals surface area contributed by atoms with Gasteiger partial charge in [0, 0.05) is 13.1 Å². The van der Waals surface area contributed by atoms with Crippen molar-refractivity contribution in [2.45, 2.75) is 32.7 Å². The summed E-state index contributed by atoms with van der Waals surface area (Å²) in [6.45, 7) is 4.08. The third kappa shape index (κ3) is 2.68.